The van der Waals surface area contributed by atoms with Crippen LogP contribution in [0, 0.1) is 0 Å². The summed E-state index contributed by atoms with van der Waals surface area (Å²) in [5, 5.41) is 8.81. The third-order valence-corrected chi connectivity index (χ3v) is 5.50. The van der Waals surface area contributed by atoms with Crippen LogP contribution in [0.25, 0.3) is 16.8 Å². The third-order valence-electron chi connectivity index (χ3n) is 3.78. The third kappa shape index (κ3) is 5.73. The number of nitrogens with zero attached hydrogens (tertiary/aromatic N) is 4. The fourth-order valence-corrected chi connectivity index (χ4v) is 4.01. The van der Waals surface area contributed by atoms with E-state index in [1.807, 2.05) is 0 Å². The van der Waals surface area contributed by atoms with Crippen molar-refractivity contribution in [1.29, 1.82) is 0 Å². The first kappa shape index (κ1) is 22.1. The van der Waals surface area contributed by atoms with Gasteiger partial charge in [0, 0.05) is 35.3 Å². The Morgan fingerprint density at radius 2 is 1.90 bits per heavy atom. The zero-order chi connectivity index (χ0) is 22.8. The minimum Gasteiger partial charge on any atom is -0.368 e. The Morgan fingerprint density at radius 1 is 1.16 bits per heavy atom. The molecule has 3 heterocycles. The van der Waals surface area contributed by atoms with E-state index < -0.39 is 27.5 Å². The van der Waals surface area contributed by atoms with Gasteiger partial charge in [0.05, 0.1) is 6.54 Å². The molecule has 0 aliphatic heterocycles. The minimum atomic E-state index is -3.75. The van der Waals surface area contributed by atoms with E-state index in [0.29, 0.717) is 16.8 Å². The molecule has 0 aliphatic rings. The van der Waals surface area contributed by atoms with E-state index in [1.54, 1.807) is 39.1 Å². The normalized spacial score (nSPS) is 12.0. The van der Waals surface area contributed by atoms with Gasteiger partial charge in [0.25, 0.3) is 5.95 Å². The van der Waals surface area contributed by atoms with Crippen molar-refractivity contribution in [2.75, 3.05) is 11.9 Å². The van der Waals surface area contributed by atoms with Gasteiger partial charge >= 0.3 is 6.03 Å². The Bertz CT molecular complexity index is 1250. The molecule has 3 aromatic rings. The molecule has 12 nitrogen and oxygen atoms in total. The number of nitrogens with two attached hydrogens (primary N) is 1. The van der Waals surface area contributed by atoms with Crippen LogP contribution in [0.3, 0.4) is 0 Å². The number of anilines is 1. The van der Waals surface area contributed by atoms with E-state index in [1.165, 1.54) is 23.0 Å². The number of hydrogen-bond donors (Lipinski definition) is 4. The predicted octanol–water partition coefficient (Wildman–Crippen LogP) is 0.475. The lowest BCUT2D eigenvalue weighted by atomic mass is 10.1. The van der Waals surface area contributed by atoms with Gasteiger partial charge in [-0.3, -0.25) is 15.1 Å². The second-order valence-corrected chi connectivity index (χ2v) is 9.38. The Morgan fingerprint density at radius 3 is 2.58 bits per heavy atom. The first-order chi connectivity index (χ1) is 14.4. The van der Waals surface area contributed by atoms with E-state index >= 15 is 0 Å². The summed E-state index contributed by atoms with van der Waals surface area (Å²) in [4.78, 5) is 30.7. The molecule has 31 heavy (non-hydrogen) atoms. The summed E-state index contributed by atoms with van der Waals surface area (Å²) in [6, 6.07) is 4.22. The number of carbonyl (C=O) groups excluding carboxylic acids is 2. The zero-order valence-corrected chi connectivity index (χ0v) is 17.9. The van der Waals surface area contributed by atoms with Crippen molar-refractivity contribution in [2.45, 2.75) is 31.2 Å². The second kappa shape index (κ2) is 8.28. The minimum absolute atomic E-state index is 0.0166. The van der Waals surface area contributed by atoms with E-state index in [0.717, 1.165) is 0 Å². The molecule has 164 valence electrons. The molecule has 0 unspecified atom stereocenters. The number of rotatable bonds is 6. The number of hydrogen-bond acceptors (Lipinski definition) is 7. The molecule has 3 amide bonds. The molecule has 0 aromatic carbocycles. The largest absolute Gasteiger partial charge is 0.368 e. The maximum atomic E-state index is 12.6. The summed E-state index contributed by atoms with van der Waals surface area (Å²) in [5.41, 5.74) is 5.98. The van der Waals surface area contributed by atoms with Crippen LogP contribution in [0.15, 0.2) is 41.7 Å². The predicted molar refractivity (Wildman–Crippen MR) is 113 cm³/mol. The Balaban J connectivity index is 1.85. The fraction of sp³-hybridized carbons (Fsp3) is 0.278. The number of nitrogens with one attached hydrogen (secondary N) is 3. The van der Waals surface area contributed by atoms with Gasteiger partial charge < -0.3 is 11.1 Å². The molecule has 0 atom stereocenters. The molecule has 0 spiro atoms. The van der Waals surface area contributed by atoms with Gasteiger partial charge in [-0.25, -0.2) is 22.4 Å². The molecule has 13 heteroatoms. The molecular weight excluding hydrogens is 424 g/mol. The van der Waals surface area contributed by atoms with E-state index in [9.17, 15) is 18.0 Å². The quantitative estimate of drug-likeness (QED) is 0.426. The number of primary amides is 1. The van der Waals surface area contributed by atoms with Gasteiger partial charge in [-0.05, 0) is 39.0 Å². The Hall–Kier alpha value is -3.58. The molecule has 3 rings (SSSR count). The molecule has 0 aliphatic carbocycles. The lowest BCUT2D eigenvalue weighted by Crippen LogP contribution is -2.40. The van der Waals surface area contributed by atoms with Gasteiger partial charge in [0.15, 0.2) is 5.65 Å². The maximum Gasteiger partial charge on any atom is 0.322 e. The number of pyridine rings is 2. The van der Waals surface area contributed by atoms with Gasteiger partial charge in [0.1, 0.15) is 4.90 Å². The Labute approximate surface area is 178 Å². The van der Waals surface area contributed by atoms with Crippen molar-refractivity contribution in [2.24, 2.45) is 5.73 Å². The van der Waals surface area contributed by atoms with Crippen molar-refractivity contribution in [1.82, 2.24) is 29.6 Å². The van der Waals surface area contributed by atoms with Crippen LogP contribution >= 0.6 is 0 Å². The molecule has 3 aromatic heterocycles. The number of sulfonamides is 1. The lowest BCUT2D eigenvalue weighted by molar-refractivity contribution is -0.117. The van der Waals surface area contributed by atoms with Crippen LogP contribution in [0.2, 0.25) is 0 Å². The number of aromatic nitrogens is 4. The number of fused-ring (bicyclic) bond motifs is 1. The van der Waals surface area contributed by atoms with E-state index in [2.05, 4.69) is 30.4 Å². The number of carbonyl (C=O) groups is 2. The number of amides is 3. The van der Waals surface area contributed by atoms with Crippen molar-refractivity contribution >= 4 is 33.6 Å². The standard InChI is InChI=1S/C18H22N8O4S/c1-18(2,3)25-31(29,30)13-6-12(7-20-8-13)11-4-5-15-22-16(24-26(15)10-11)23-17(28)21-9-14(19)27/h4-8,10,25H,9H2,1-3H3,(H2,19,27)(H2,21,23,24,28). The average Bonchev–Trinajstić information content (AvgIpc) is 3.06. The smallest absolute Gasteiger partial charge is 0.322 e. The fourth-order valence-electron chi connectivity index (χ4n) is 2.61. The first-order valence-corrected chi connectivity index (χ1v) is 10.6. The average molecular weight is 446 g/mol. The summed E-state index contributed by atoms with van der Waals surface area (Å²) in [5.74, 6) is -0.666. The van der Waals surface area contributed by atoms with Crippen LogP contribution in [-0.4, -0.2) is 52.0 Å². The summed E-state index contributed by atoms with van der Waals surface area (Å²) in [6.07, 6.45) is 4.43. The SMILES string of the molecule is CC(C)(C)NS(=O)(=O)c1cncc(-c2ccc3nc(NC(=O)NCC(N)=O)nn3c2)c1. The molecule has 0 saturated carbocycles. The summed E-state index contributed by atoms with van der Waals surface area (Å²) in [6.45, 7) is 4.93. The monoisotopic (exact) mass is 446 g/mol. The number of urea groups is 1. The van der Waals surface area contributed by atoms with Gasteiger partial charge in [-0.2, -0.15) is 4.98 Å². The van der Waals surface area contributed by atoms with Crippen LogP contribution < -0.4 is 21.1 Å². The zero-order valence-electron chi connectivity index (χ0n) is 17.1. The van der Waals surface area contributed by atoms with Crippen LogP contribution in [-0.2, 0) is 14.8 Å². The van der Waals surface area contributed by atoms with Crippen molar-refractivity contribution < 1.29 is 18.0 Å². The van der Waals surface area contributed by atoms with Gasteiger partial charge in [0.2, 0.25) is 15.9 Å². The van der Waals surface area contributed by atoms with Gasteiger partial charge in [-0.15, -0.1) is 5.10 Å². The van der Waals surface area contributed by atoms with Gasteiger partial charge in [-0.1, -0.05) is 0 Å². The van der Waals surface area contributed by atoms with Crippen molar-refractivity contribution in [3.8, 4) is 11.1 Å². The summed E-state index contributed by atoms with van der Waals surface area (Å²) in [7, 11) is -3.75. The highest BCUT2D eigenvalue weighted by Crippen LogP contribution is 2.23. The summed E-state index contributed by atoms with van der Waals surface area (Å²) >= 11 is 0. The van der Waals surface area contributed by atoms with Crippen LogP contribution in [0.5, 0.6) is 0 Å². The topological polar surface area (TPSA) is 173 Å². The highest BCUT2D eigenvalue weighted by molar-refractivity contribution is 7.89. The van der Waals surface area contributed by atoms with Crippen molar-refractivity contribution in [3.05, 3.63) is 36.8 Å². The Kier molecular flexibility index (Phi) is 5.90. The second-order valence-electron chi connectivity index (χ2n) is 7.69. The highest BCUT2D eigenvalue weighted by Gasteiger charge is 2.22. The van der Waals surface area contributed by atoms with Crippen molar-refractivity contribution in [3.63, 3.8) is 0 Å². The summed E-state index contributed by atoms with van der Waals surface area (Å²) < 4.78 is 29.2. The molecule has 0 fully saturated rings. The molecule has 5 N–H and O–H groups in total. The molecular formula is C18H22N8O4S. The molecule has 0 bridgehead atoms. The maximum absolute atomic E-state index is 12.6. The lowest BCUT2D eigenvalue weighted by Gasteiger charge is -2.20. The van der Waals surface area contributed by atoms with Crippen LogP contribution in [0.4, 0.5) is 10.7 Å². The van der Waals surface area contributed by atoms with Crippen LogP contribution in [0.1, 0.15) is 20.8 Å². The van der Waals surface area contributed by atoms with E-state index in [4.69, 9.17) is 5.73 Å². The highest BCUT2D eigenvalue weighted by atomic mass is 32.2. The van der Waals surface area contributed by atoms with E-state index in [-0.39, 0.29) is 17.4 Å². The molecule has 0 saturated heterocycles. The first-order valence-electron chi connectivity index (χ1n) is 9.12. The molecule has 0 radical (unpaired) electrons.